The minimum atomic E-state index is 0.549. The third-order valence-electron chi connectivity index (χ3n) is 3.96. The predicted octanol–water partition coefficient (Wildman–Crippen LogP) is 2.30. The van der Waals surface area contributed by atoms with Gasteiger partial charge in [0.05, 0.1) is 7.11 Å². The van der Waals surface area contributed by atoms with Crippen LogP contribution >= 0.6 is 0 Å². The van der Waals surface area contributed by atoms with E-state index in [1.807, 2.05) is 7.05 Å². The Hall–Kier alpha value is -1.06. The van der Waals surface area contributed by atoms with E-state index in [0.717, 1.165) is 18.8 Å². The van der Waals surface area contributed by atoms with Crippen LogP contribution in [0.5, 0.6) is 5.75 Å². The molecule has 1 N–H and O–H groups in total. The minimum Gasteiger partial charge on any atom is -0.497 e. The zero-order chi connectivity index (χ0) is 13.0. The van der Waals surface area contributed by atoms with Gasteiger partial charge in [0.15, 0.2) is 0 Å². The Labute approximate surface area is 110 Å². The zero-order valence-electron chi connectivity index (χ0n) is 11.6. The largest absolute Gasteiger partial charge is 0.497 e. The first kappa shape index (κ1) is 13.4. The Morgan fingerprint density at radius 1 is 1.33 bits per heavy atom. The molecule has 3 heteroatoms. The van der Waals surface area contributed by atoms with Gasteiger partial charge in [-0.1, -0.05) is 19.1 Å². The van der Waals surface area contributed by atoms with Crippen molar-refractivity contribution in [2.45, 2.75) is 19.4 Å². The smallest absolute Gasteiger partial charge is 0.118 e. The summed E-state index contributed by atoms with van der Waals surface area (Å²) >= 11 is 0. The van der Waals surface area contributed by atoms with Gasteiger partial charge in [-0.15, -0.1) is 0 Å². The van der Waals surface area contributed by atoms with Gasteiger partial charge in [0.2, 0.25) is 0 Å². The summed E-state index contributed by atoms with van der Waals surface area (Å²) in [4.78, 5) is 2.57. The van der Waals surface area contributed by atoms with Crippen LogP contribution in [-0.2, 0) is 0 Å². The molecule has 1 fully saturated rings. The molecule has 0 saturated carbocycles. The molecule has 0 bridgehead atoms. The summed E-state index contributed by atoms with van der Waals surface area (Å²) in [6, 6.07) is 9.10. The van der Waals surface area contributed by atoms with E-state index in [1.165, 1.54) is 18.5 Å². The Morgan fingerprint density at radius 3 is 2.61 bits per heavy atom. The SMILES string of the molecule is CCN1CCC(CNC)C1c1ccc(OC)cc1. The van der Waals surface area contributed by atoms with Gasteiger partial charge in [0.1, 0.15) is 5.75 Å². The summed E-state index contributed by atoms with van der Waals surface area (Å²) in [5.74, 6) is 1.65. The van der Waals surface area contributed by atoms with Crippen LogP contribution in [0.25, 0.3) is 0 Å². The fourth-order valence-corrected chi connectivity index (χ4v) is 3.04. The highest BCUT2D eigenvalue weighted by molar-refractivity contribution is 5.30. The molecule has 1 aromatic carbocycles. The second kappa shape index (κ2) is 6.21. The van der Waals surface area contributed by atoms with Crippen LogP contribution < -0.4 is 10.1 Å². The first-order valence-electron chi connectivity index (χ1n) is 6.82. The van der Waals surface area contributed by atoms with E-state index in [4.69, 9.17) is 4.74 Å². The van der Waals surface area contributed by atoms with Crippen LogP contribution in [0, 0.1) is 5.92 Å². The first-order valence-corrected chi connectivity index (χ1v) is 6.82. The molecule has 0 radical (unpaired) electrons. The fraction of sp³-hybridized carbons (Fsp3) is 0.600. The fourth-order valence-electron chi connectivity index (χ4n) is 3.04. The molecule has 3 nitrogen and oxygen atoms in total. The number of nitrogens with zero attached hydrogens (tertiary/aromatic N) is 1. The van der Waals surface area contributed by atoms with Crippen molar-refractivity contribution in [1.82, 2.24) is 10.2 Å². The first-order chi connectivity index (χ1) is 8.80. The van der Waals surface area contributed by atoms with Gasteiger partial charge < -0.3 is 10.1 Å². The molecule has 1 aliphatic heterocycles. The average Bonchev–Trinajstić information content (AvgIpc) is 2.82. The Balaban J connectivity index is 2.19. The molecule has 0 spiro atoms. The van der Waals surface area contributed by atoms with E-state index in [9.17, 15) is 0 Å². The molecule has 2 rings (SSSR count). The number of likely N-dealkylation sites (tertiary alicyclic amines) is 1. The summed E-state index contributed by atoms with van der Waals surface area (Å²) in [6.07, 6.45) is 1.28. The molecule has 1 heterocycles. The molecule has 0 amide bonds. The maximum atomic E-state index is 5.23. The number of hydrogen-bond acceptors (Lipinski definition) is 3. The van der Waals surface area contributed by atoms with Crippen molar-refractivity contribution in [3.8, 4) is 5.75 Å². The lowest BCUT2D eigenvalue weighted by molar-refractivity contribution is 0.238. The van der Waals surface area contributed by atoms with Crippen molar-refractivity contribution < 1.29 is 4.74 Å². The van der Waals surface area contributed by atoms with Crippen molar-refractivity contribution in [3.63, 3.8) is 0 Å². The summed E-state index contributed by atoms with van der Waals surface area (Å²) in [6.45, 7) is 5.67. The highest BCUT2D eigenvalue weighted by Gasteiger charge is 2.33. The predicted molar refractivity (Wildman–Crippen MR) is 75.0 cm³/mol. The third kappa shape index (κ3) is 2.68. The van der Waals surface area contributed by atoms with Crippen molar-refractivity contribution >= 4 is 0 Å². The molecule has 1 aliphatic rings. The zero-order valence-corrected chi connectivity index (χ0v) is 11.6. The van der Waals surface area contributed by atoms with Gasteiger partial charge in [0, 0.05) is 6.04 Å². The van der Waals surface area contributed by atoms with Gasteiger partial charge in [0.25, 0.3) is 0 Å². The highest BCUT2D eigenvalue weighted by atomic mass is 16.5. The van der Waals surface area contributed by atoms with Crippen LogP contribution in [0.3, 0.4) is 0 Å². The number of hydrogen-bond donors (Lipinski definition) is 1. The van der Waals surface area contributed by atoms with Gasteiger partial charge in [-0.3, -0.25) is 4.90 Å². The summed E-state index contributed by atoms with van der Waals surface area (Å²) in [5.41, 5.74) is 1.41. The molecule has 0 aromatic heterocycles. The highest BCUT2D eigenvalue weighted by Crippen LogP contribution is 2.37. The standard InChI is InChI=1S/C15H24N2O/c1-4-17-10-9-13(11-16-2)15(17)12-5-7-14(18-3)8-6-12/h5-8,13,15-16H,4,9-11H2,1-3H3. The topological polar surface area (TPSA) is 24.5 Å². The van der Waals surface area contributed by atoms with Crippen molar-refractivity contribution in [2.24, 2.45) is 5.92 Å². The normalized spacial score (nSPS) is 24.4. The van der Waals surface area contributed by atoms with Crippen LogP contribution in [0.15, 0.2) is 24.3 Å². The van der Waals surface area contributed by atoms with Crippen molar-refractivity contribution in [1.29, 1.82) is 0 Å². The van der Waals surface area contributed by atoms with Crippen LogP contribution in [0.2, 0.25) is 0 Å². The quantitative estimate of drug-likeness (QED) is 0.865. The van der Waals surface area contributed by atoms with Gasteiger partial charge >= 0.3 is 0 Å². The second-order valence-corrected chi connectivity index (χ2v) is 4.95. The lowest BCUT2D eigenvalue weighted by atomic mass is 9.93. The lowest BCUT2D eigenvalue weighted by Gasteiger charge is -2.27. The molecular formula is C15H24N2O. The third-order valence-corrected chi connectivity index (χ3v) is 3.96. The molecule has 1 saturated heterocycles. The maximum Gasteiger partial charge on any atom is 0.118 e. The number of benzene rings is 1. The number of ether oxygens (including phenoxy) is 1. The Bertz CT molecular complexity index is 363. The van der Waals surface area contributed by atoms with E-state index < -0.39 is 0 Å². The number of methoxy groups -OCH3 is 1. The van der Waals surface area contributed by atoms with Crippen LogP contribution in [-0.4, -0.2) is 38.7 Å². The monoisotopic (exact) mass is 248 g/mol. The summed E-state index contributed by atoms with van der Waals surface area (Å²) < 4.78 is 5.23. The van der Waals surface area contributed by atoms with E-state index >= 15 is 0 Å². The van der Waals surface area contributed by atoms with E-state index in [-0.39, 0.29) is 0 Å². The molecule has 18 heavy (non-hydrogen) atoms. The Kier molecular flexibility index (Phi) is 4.61. The molecule has 1 aromatic rings. The van der Waals surface area contributed by atoms with Crippen LogP contribution in [0.4, 0.5) is 0 Å². The van der Waals surface area contributed by atoms with Gasteiger partial charge in [-0.25, -0.2) is 0 Å². The van der Waals surface area contributed by atoms with E-state index in [2.05, 4.69) is 41.4 Å². The van der Waals surface area contributed by atoms with E-state index in [0.29, 0.717) is 12.0 Å². The molecule has 100 valence electrons. The van der Waals surface area contributed by atoms with E-state index in [1.54, 1.807) is 7.11 Å². The molecular weight excluding hydrogens is 224 g/mol. The summed E-state index contributed by atoms with van der Waals surface area (Å²) in [5, 5.41) is 3.33. The molecule has 2 atom stereocenters. The summed E-state index contributed by atoms with van der Waals surface area (Å²) in [7, 11) is 3.76. The average molecular weight is 248 g/mol. The van der Waals surface area contributed by atoms with Crippen molar-refractivity contribution in [2.75, 3.05) is 33.8 Å². The number of nitrogens with one attached hydrogen (secondary N) is 1. The molecule has 0 aliphatic carbocycles. The number of rotatable bonds is 5. The molecule has 2 unspecified atom stereocenters. The lowest BCUT2D eigenvalue weighted by Crippen LogP contribution is -2.29. The Morgan fingerprint density at radius 2 is 2.06 bits per heavy atom. The van der Waals surface area contributed by atoms with Crippen LogP contribution in [0.1, 0.15) is 24.9 Å². The minimum absolute atomic E-state index is 0.549. The maximum absolute atomic E-state index is 5.23. The van der Waals surface area contributed by atoms with Crippen molar-refractivity contribution in [3.05, 3.63) is 29.8 Å². The van der Waals surface area contributed by atoms with Gasteiger partial charge in [-0.2, -0.15) is 0 Å². The van der Waals surface area contributed by atoms with Gasteiger partial charge in [-0.05, 0) is 56.7 Å². The second-order valence-electron chi connectivity index (χ2n) is 4.95.